The van der Waals surface area contributed by atoms with Crippen LogP contribution in [-0.2, 0) is 0 Å². The monoisotopic (exact) mass is 257 g/mol. The first-order valence-electron chi connectivity index (χ1n) is 5.50. The Morgan fingerprint density at radius 2 is 1.88 bits per heavy atom. The number of ether oxygens (including phenoxy) is 2. The highest BCUT2D eigenvalue weighted by atomic mass is 35.5. The minimum atomic E-state index is 0. The van der Waals surface area contributed by atoms with Gasteiger partial charge in [-0.2, -0.15) is 0 Å². The van der Waals surface area contributed by atoms with Crippen LogP contribution in [0.25, 0.3) is 0 Å². The number of para-hydroxylation sites is 2. The summed E-state index contributed by atoms with van der Waals surface area (Å²) in [6, 6.07) is 7.64. The number of methoxy groups -OCH3 is 1. The molecule has 0 aliphatic carbocycles. The maximum Gasteiger partial charge on any atom is 0.161 e. The van der Waals surface area contributed by atoms with Crippen molar-refractivity contribution in [1.82, 2.24) is 5.32 Å². The zero-order valence-electron chi connectivity index (χ0n) is 10.3. The van der Waals surface area contributed by atoms with Crippen molar-refractivity contribution in [3.63, 3.8) is 0 Å². The molecule has 1 rings (SSSR count). The Morgan fingerprint density at radius 3 is 2.53 bits per heavy atom. The third-order valence-corrected chi connectivity index (χ3v) is 2.08. The van der Waals surface area contributed by atoms with Crippen molar-refractivity contribution in [3.8, 4) is 11.5 Å². The van der Waals surface area contributed by atoms with Crippen molar-refractivity contribution in [3.05, 3.63) is 36.4 Å². The van der Waals surface area contributed by atoms with Crippen LogP contribution < -0.4 is 14.8 Å². The van der Waals surface area contributed by atoms with Crippen molar-refractivity contribution in [2.45, 2.75) is 6.92 Å². The van der Waals surface area contributed by atoms with Crippen LogP contribution >= 0.6 is 12.4 Å². The zero-order chi connectivity index (χ0) is 11.6. The molecular formula is C13H20ClNO2. The van der Waals surface area contributed by atoms with E-state index in [0.29, 0.717) is 6.61 Å². The summed E-state index contributed by atoms with van der Waals surface area (Å²) < 4.78 is 10.7. The fraction of sp³-hybridized carbons (Fsp3) is 0.385. The molecule has 0 aliphatic heterocycles. The van der Waals surface area contributed by atoms with Gasteiger partial charge in [0.15, 0.2) is 11.5 Å². The van der Waals surface area contributed by atoms with Gasteiger partial charge in [0.25, 0.3) is 0 Å². The van der Waals surface area contributed by atoms with Crippen LogP contribution in [0.4, 0.5) is 0 Å². The largest absolute Gasteiger partial charge is 0.493 e. The molecule has 3 nitrogen and oxygen atoms in total. The van der Waals surface area contributed by atoms with E-state index in [9.17, 15) is 0 Å². The number of nitrogens with one attached hydrogen (secondary N) is 1. The molecule has 0 aromatic heterocycles. The van der Waals surface area contributed by atoms with E-state index < -0.39 is 0 Å². The molecule has 0 spiro atoms. The van der Waals surface area contributed by atoms with Gasteiger partial charge in [-0.05, 0) is 18.7 Å². The van der Waals surface area contributed by atoms with Crippen LogP contribution in [-0.4, -0.2) is 26.8 Å². The summed E-state index contributed by atoms with van der Waals surface area (Å²) >= 11 is 0. The van der Waals surface area contributed by atoms with Gasteiger partial charge in [-0.3, -0.25) is 0 Å². The summed E-state index contributed by atoms with van der Waals surface area (Å²) in [5.41, 5.74) is 0. The van der Waals surface area contributed by atoms with Gasteiger partial charge < -0.3 is 14.8 Å². The smallest absolute Gasteiger partial charge is 0.161 e. The summed E-state index contributed by atoms with van der Waals surface area (Å²) in [7, 11) is 1.64. The van der Waals surface area contributed by atoms with Crippen LogP contribution in [0.3, 0.4) is 0 Å². The molecule has 0 amide bonds. The Morgan fingerprint density at radius 1 is 1.18 bits per heavy atom. The normalized spacial score (nSPS) is 10.0. The van der Waals surface area contributed by atoms with Gasteiger partial charge in [-0.1, -0.05) is 31.2 Å². The molecule has 1 aromatic rings. The quantitative estimate of drug-likeness (QED) is 0.602. The van der Waals surface area contributed by atoms with E-state index in [1.54, 1.807) is 7.11 Å². The Hall–Kier alpha value is -1.19. The topological polar surface area (TPSA) is 30.5 Å². The summed E-state index contributed by atoms with van der Waals surface area (Å²) in [5, 5.41) is 3.20. The molecule has 17 heavy (non-hydrogen) atoms. The Balaban J connectivity index is 0.00000256. The van der Waals surface area contributed by atoms with Gasteiger partial charge in [-0.15, -0.1) is 12.4 Å². The van der Waals surface area contributed by atoms with Gasteiger partial charge >= 0.3 is 0 Å². The summed E-state index contributed by atoms with van der Waals surface area (Å²) in [6.45, 7) is 4.51. The number of hydrogen-bond acceptors (Lipinski definition) is 3. The molecule has 1 aromatic carbocycles. The van der Waals surface area contributed by atoms with Crippen LogP contribution in [0, 0.1) is 0 Å². The highest BCUT2D eigenvalue weighted by Gasteiger charge is 1.99. The van der Waals surface area contributed by atoms with Crippen molar-refractivity contribution in [2.75, 3.05) is 26.8 Å². The van der Waals surface area contributed by atoms with Gasteiger partial charge in [-0.25, -0.2) is 0 Å². The van der Waals surface area contributed by atoms with Crippen LogP contribution in [0.5, 0.6) is 11.5 Å². The lowest BCUT2D eigenvalue weighted by molar-refractivity contribution is 0.326. The van der Waals surface area contributed by atoms with E-state index >= 15 is 0 Å². The van der Waals surface area contributed by atoms with Gasteiger partial charge in [0.1, 0.15) is 6.61 Å². The van der Waals surface area contributed by atoms with Crippen LogP contribution in [0.1, 0.15) is 6.92 Å². The molecule has 0 bridgehead atoms. The summed E-state index contributed by atoms with van der Waals surface area (Å²) in [6.07, 6.45) is 4.05. The number of likely N-dealkylation sites (N-methyl/N-ethyl adjacent to an activating group) is 1. The molecule has 0 atom stereocenters. The van der Waals surface area contributed by atoms with Crippen LogP contribution in [0.15, 0.2) is 36.4 Å². The molecule has 4 heteroatoms. The lowest BCUT2D eigenvalue weighted by Crippen LogP contribution is -2.11. The van der Waals surface area contributed by atoms with E-state index in [1.807, 2.05) is 30.3 Å². The number of benzene rings is 1. The van der Waals surface area contributed by atoms with Crippen molar-refractivity contribution < 1.29 is 9.47 Å². The minimum absolute atomic E-state index is 0. The van der Waals surface area contributed by atoms with Crippen LogP contribution in [0.2, 0.25) is 0 Å². The Labute approximate surface area is 109 Å². The molecule has 1 N–H and O–H groups in total. The fourth-order valence-electron chi connectivity index (χ4n) is 1.25. The molecule has 0 aliphatic rings. The number of halogens is 1. The highest BCUT2D eigenvalue weighted by molar-refractivity contribution is 5.85. The van der Waals surface area contributed by atoms with E-state index in [-0.39, 0.29) is 12.4 Å². The Bertz CT molecular complexity index is 329. The van der Waals surface area contributed by atoms with E-state index in [4.69, 9.17) is 9.47 Å². The third-order valence-electron chi connectivity index (χ3n) is 2.08. The molecule has 0 fully saturated rings. The Kier molecular flexibility index (Phi) is 9.30. The third kappa shape index (κ3) is 6.19. The first-order valence-corrected chi connectivity index (χ1v) is 5.50. The van der Waals surface area contributed by atoms with Crippen molar-refractivity contribution in [2.24, 2.45) is 0 Å². The average molecular weight is 258 g/mol. The second kappa shape index (κ2) is 10.00. The zero-order valence-corrected chi connectivity index (χ0v) is 11.1. The fourth-order valence-corrected chi connectivity index (χ4v) is 1.25. The highest BCUT2D eigenvalue weighted by Crippen LogP contribution is 2.25. The van der Waals surface area contributed by atoms with Crippen molar-refractivity contribution >= 4 is 12.4 Å². The number of hydrogen-bond donors (Lipinski definition) is 1. The van der Waals surface area contributed by atoms with Crippen molar-refractivity contribution in [1.29, 1.82) is 0 Å². The molecule has 0 radical (unpaired) electrons. The predicted octanol–water partition coefficient (Wildman–Crippen LogP) is 2.66. The molecule has 0 saturated carbocycles. The molecule has 96 valence electrons. The number of rotatable bonds is 7. The van der Waals surface area contributed by atoms with E-state index in [1.165, 1.54) is 0 Å². The SMILES string of the molecule is CCNC/C=C/COc1ccccc1OC.Cl. The second-order valence-corrected chi connectivity index (χ2v) is 3.24. The first kappa shape index (κ1) is 15.8. The maximum atomic E-state index is 5.57. The van der Waals surface area contributed by atoms with E-state index in [2.05, 4.69) is 18.3 Å². The molecule has 0 saturated heterocycles. The van der Waals surface area contributed by atoms with E-state index in [0.717, 1.165) is 24.6 Å². The molecule has 0 heterocycles. The molecule has 0 unspecified atom stereocenters. The standard InChI is InChI=1S/C13H19NO2.ClH/c1-3-14-10-6-7-11-16-13-9-5-4-8-12(13)15-2;/h4-9,14H,3,10-11H2,1-2H3;1H/b7-6+;. The maximum absolute atomic E-state index is 5.57. The summed E-state index contributed by atoms with van der Waals surface area (Å²) in [5.74, 6) is 1.54. The first-order chi connectivity index (χ1) is 7.88. The minimum Gasteiger partial charge on any atom is -0.493 e. The van der Waals surface area contributed by atoms with Gasteiger partial charge in [0.2, 0.25) is 0 Å². The van der Waals surface area contributed by atoms with Gasteiger partial charge in [0.05, 0.1) is 7.11 Å². The molecular weight excluding hydrogens is 238 g/mol. The van der Waals surface area contributed by atoms with Gasteiger partial charge in [0, 0.05) is 6.54 Å². The average Bonchev–Trinajstić information content (AvgIpc) is 2.34. The summed E-state index contributed by atoms with van der Waals surface area (Å²) in [4.78, 5) is 0. The second-order valence-electron chi connectivity index (χ2n) is 3.24. The predicted molar refractivity (Wildman–Crippen MR) is 73.4 cm³/mol. The lowest BCUT2D eigenvalue weighted by Gasteiger charge is -2.08. The lowest BCUT2D eigenvalue weighted by atomic mass is 10.3.